The van der Waals surface area contributed by atoms with Crippen molar-refractivity contribution in [2.24, 2.45) is 5.84 Å². The van der Waals surface area contributed by atoms with Crippen molar-refractivity contribution in [3.63, 3.8) is 0 Å². The highest BCUT2D eigenvalue weighted by atomic mass is 35.5. The number of benzene rings is 1. The molecule has 0 fully saturated rings. The molecule has 16 heavy (non-hydrogen) atoms. The van der Waals surface area contributed by atoms with E-state index in [1.807, 2.05) is 5.43 Å². The number of hydrogen-bond acceptors (Lipinski definition) is 3. The van der Waals surface area contributed by atoms with Crippen molar-refractivity contribution in [3.05, 3.63) is 27.7 Å². The normalized spacial score (nSPS) is 17.9. The molecule has 1 aliphatic rings. The van der Waals surface area contributed by atoms with E-state index in [1.54, 1.807) is 12.1 Å². The van der Waals surface area contributed by atoms with Crippen molar-refractivity contribution in [3.8, 4) is 0 Å². The van der Waals surface area contributed by atoms with Gasteiger partial charge >= 0.3 is 0 Å². The van der Waals surface area contributed by atoms with Crippen molar-refractivity contribution in [1.29, 1.82) is 0 Å². The number of hydrazine groups is 1. The van der Waals surface area contributed by atoms with Crippen LogP contribution in [0.5, 0.6) is 0 Å². The van der Waals surface area contributed by atoms with Gasteiger partial charge in [0.15, 0.2) is 0 Å². The van der Waals surface area contributed by atoms with Crippen LogP contribution in [0.2, 0.25) is 10.0 Å². The van der Waals surface area contributed by atoms with E-state index in [4.69, 9.17) is 29.0 Å². The maximum Gasteiger partial charge on any atom is 0.251 e. The van der Waals surface area contributed by atoms with Crippen LogP contribution >= 0.6 is 23.2 Å². The molecular formula is C9H7Cl2N3O2. The molecule has 7 heteroatoms. The molecule has 0 saturated carbocycles. The molecular weight excluding hydrogens is 253 g/mol. The van der Waals surface area contributed by atoms with Crippen LogP contribution in [-0.2, 0) is 9.59 Å². The number of nitrogens with one attached hydrogen (secondary N) is 2. The van der Waals surface area contributed by atoms with Crippen molar-refractivity contribution >= 4 is 40.7 Å². The van der Waals surface area contributed by atoms with Gasteiger partial charge in [0.25, 0.3) is 5.91 Å². The molecule has 5 nitrogen and oxygen atoms in total. The molecule has 1 aromatic carbocycles. The summed E-state index contributed by atoms with van der Waals surface area (Å²) in [6, 6.07) is 3.14. The molecule has 0 saturated heterocycles. The highest BCUT2D eigenvalue weighted by Gasteiger charge is 2.38. The Hall–Kier alpha value is -1.30. The van der Waals surface area contributed by atoms with E-state index in [0.717, 1.165) is 0 Å². The Balaban J connectivity index is 2.59. The predicted molar refractivity (Wildman–Crippen MR) is 60.2 cm³/mol. The molecule has 4 N–H and O–H groups in total. The number of anilines is 1. The van der Waals surface area contributed by atoms with Crippen LogP contribution in [-0.4, -0.2) is 11.8 Å². The van der Waals surface area contributed by atoms with Gasteiger partial charge in [0.1, 0.15) is 5.92 Å². The van der Waals surface area contributed by atoms with Crippen molar-refractivity contribution in [2.75, 3.05) is 5.32 Å². The fraction of sp³-hybridized carbons (Fsp3) is 0.111. The van der Waals surface area contributed by atoms with Gasteiger partial charge in [-0.2, -0.15) is 0 Å². The lowest BCUT2D eigenvalue weighted by atomic mass is 10.00. The standard InChI is InChI=1S/C9H7Cl2N3O2/c10-3-1-2-4-5(7(3)11)6(8(15)13-4)9(16)14-12/h1-2,6H,12H2,(H,13,15)(H,14,16). The first-order valence-electron chi connectivity index (χ1n) is 4.35. The second kappa shape index (κ2) is 3.93. The Morgan fingerprint density at radius 1 is 1.44 bits per heavy atom. The monoisotopic (exact) mass is 259 g/mol. The number of fused-ring (bicyclic) bond motifs is 1. The number of hydrogen-bond donors (Lipinski definition) is 3. The second-order valence-electron chi connectivity index (χ2n) is 3.25. The number of rotatable bonds is 1. The largest absolute Gasteiger partial charge is 0.325 e. The molecule has 0 bridgehead atoms. The number of nitrogens with two attached hydrogens (primary N) is 1. The third-order valence-electron chi connectivity index (χ3n) is 2.35. The summed E-state index contributed by atoms with van der Waals surface area (Å²) >= 11 is 11.8. The van der Waals surface area contributed by atoms with E-state index in [-0.39, 0.29) is 10.0 Å². The van der Waals surface area contributed by atoms with Crippen molar-refractivity contribution in [2.45, 2.75) is 5.92 Å². The van der Waals surface area contributed by atoms with Gasteiger partial charge < -0.3 is 5.32 Å². The number of carbonyl (C=O) groups excluding carboxylic acids is 2. The first-order valence-corrected chi connectivity index (χ1v) is 5.11. The molecule has 84 valence electrons. The topological polar surface area (TPSA) is 84.2 Å². The fourth-order valence-corrected chi connectivity index (χ4v) is 2.07. The number of carbonyl (C=O) groups is 2. The number of halogens is 2. The van der Waals surface area contributed by atoms with Gasteiger partial charge in [-0.15, -0.1) is 0 Å². The average Bonchev–Trinajstić information content (AvgIpc) is 2.60. The first kappa shape index (κ1) is 11.2. The van der Waals surface area contributed by atoms with Gasteiger partial charge in [-0.1, -0.05) is 23.2 Å². The van der Waals surface area contributed by atoms with Crippen LogP contribution in [0, 0.1) is 0 Å². The third-order valence-corrected chi connectivity index (χ3v) is 3.16. The molecule has 2 rings (SSSR count). The molecule has 0 aliphatic carbocycles. The van der Waals surface area contributed by atoms with Gasteiger partial charge in [-0.05, 0) is 12.1 Å². The van der Waals surface area contributed by atoms with Crippen LogP contribution in [0.25, 0.3) is 0 Å². The summed E-state index contributed by atoms with van der Waals surface area (Å²) in [6.45, 7) is 0. The Bertz CT molecular complexity index is 482. The summed E-state index contributed by atoms with van der Waals surface area (Å²) in [5, 5.41) is 3.00. The maximum absolute atomic E-state index is 11.6. The minimum Gasteiger partial charge on any atom is -0.325 e. The molecule has 1 heterocycles. The highest BCUT2D eigenvalue weighted by molar-refractivity contribution is 6.43. The van der Waals surface area contributed by atoms with E-state index in [1.165, 1.54) is 0 Å². The van der Waals surface area contributed by atoms with E-state index < -0.39 is 17.7 Å². The summed E-state index contributed by atoms with van der Waals surface area (Å²) in [5.74, 6) is 2.86. The Labute approximate surface area is 101 Å². The van der Waals surface area contributed by atoms with E-state index in [9.17, 15) is 9.59 Å². The van der Waals surface area contributed by atoms with Crippen LogP contribution in [0.15, 0.2) is 12.1 Å². The molecule has 0 aromatic heterocycles. The summed E-state index contributed by atoms with van der Waals surface area (Å²) in [4.78, 5) is 23.0. The number of amides is 2. The van der Waals surface area contributed by atoms with Gasteiger partial charge in [0.05, 0.1) is 10.0 Å². The second-order valence-corrected chi connectivity index (χ2v) is 4.04. The van der Waals surface area contributed by atoms with Gasteiger partial charge in [0, 0.05) is 11.3 Å². The molecule has 0 radical (unpaired) electrons. The zero-order valence-corrected chi connectivity index (χ0v) is 9.39. The average molecular weight is 260 g/mol. The third kappa shape index (κ3) is 1.53. The molecule has 1 aromatic rings. The highest BCUT2D eigenvalue weighted by Crippen LogP contribution is 2.41. The van der Waals surface area contributed by atoms with Crippen LogP contribution < -0.4 is 16.6 Å². The Morgan fingerprint density at radius 2 is 2.12 bits per heavy atom. The zero-order chi connectivity index (χ0) is 11.9. The lowest BCUT2D eigenvalue weighted by Gasteiger charge is -2.08. The maximum atomic E-state index is 11.6. The van der Waals surface area contributed by atoms with Gasteiger partial charge in [-0.25, -0.2) is 5.84 Å². The Kier molecular flexibility index (Phi) is 2.75. The lowest BCUT2D eigenvalue weighted by molar-refractivity contribution is -0.128. The Morgan fingerprint density at radius 3 is 2.75 bits per heavy atom. The molecule has 1 unspecified atom stereocenters. The van der Waals surface area contributed by atoms with E-state index in [2.05, 4.69) is 5.32 Å². The summed E-state index contributed by atoms with van der Waals surface area (Å²) in [6.07, 6.45) is 0. The van der Waals surface area contributed by atoms with Crippen LogP contribution in [0.3, 0.4) is 0 Å². The van der Waals surface area contributed by atoms with Crippen LogP contribution in [0.4, 0.5) is 5.69 Å². The molecule has 2 amide bonds. The molecule has 1 atom stereocenters. The van der Waals surface area contributed by atoms with E-state index in [0.29, 0.717) is 11.3 Å². The predicted octanol–water partition coefficient (Wildman–Crippen LogP) is 1.02. The summed E-state index contributed by atoms with van der Waals surface area (Å²) in [7, 11) is 0. The molecule has 1 aliphatic heterocycles. The summed E-state index contributed by atoms with van der Waals surface area (Å²) in [5.41, 5.74) is 2.77. The van der Waals surface area contributed by atoms with Crippen molar-refractivity contribution in [1.82, 2.24) is 5.43 Å². The molecule has 0 spiro atoms. The summed E-state index contributed by atoms with van der Waals surface area (Å²) < 4.78 is 0. The SMILES string of the molecule is NNC(=O)C1C(=O)Nc2ccc(Cl)c(Cl)c21. The van der Waals surface area contributed by atoms with E-state index >= 15 is 0 Å². The smallest absolute Gasteiger partial charge is 0.251 e. The van der Waals surface area contributed by atoms with Gasteiger partial charge in [-0.3, -0.25) is 15.0 Å². The fourth-order valence-electron chi connectivity index (χ4n) is 1.63. The minimum absolute atomic E-state index is 0.186. The van der Waals surface area contributed by atoms with Crippen molar-refractivity contribution < 1.29 is 9.59 Å². The minimum atomic E-state index is -1.05. The van der Waals surface area contributed by atoms with Crippen LogP contribution in [0.1, 0.15) is 11.5 Å². The van der Waals surface area contributed by atoms with Gasteiger partial charge in [0.2, 0.25) is 5.91 Å². The lowest BCUT2D eigenvalue weighted by Crippen LogP contribution is -2.37. The first-order chi connectivity index (χ1) is 7.56. The zero-order valence-electron chi connectivity index (χ0n) is 7.88. The quantitative estimate of drug-likeness (QED) is 0.305.